The number of aromatic carboxylic acids is 1. The second-order valence-corrected chi connectivity index (χ2v) is 3.75. The average Bonchev–Trinajstić information content (AvgIpc) is 2.32. The highest BCUT2D eigenvalue weighted by molar-refractivity contribution is 5.88. The number of carbonyl (C=O) groups is 1. The largest absolute Gasteiger partial charge is 0.478 e. The lowest BCUT2D eigenvalue weighted by Gasteiger charge is -2.05. The molecule has 86 valence electrons. The molecule has 3 nitrogen and oxygen atoms in total. The molecule has 0 saturated heterocycles. The number of nitrogens with zero attached hydrogens (tertiary/aromatic N) is 1. The zero-order valence-corrected chi connectivity index (χ0v) is 9.14. The number of carboxylic acids is 1. The van der Waals surface area contributed by atoms with Crippen LogP contribution in [0.3, 0.4) is 0 Å². The quantitative estimate of drug-likeness (QED) is 0.864. The number of rotatable bonds is 2. The molecule has 1 aromatic carbocycles. The monoisotopic (exact) mass is 231 g/mol. The molecule has 4 heteroatoms. The highest BCUT2D eigenvalue weighted by Crippen LogP contribution is 2.23. The molecule has 1 heterocycles. The van der Waals surface area contributed by atoms with Gasteiger partial charge in [0.05, 0.1) is 5.56 Å². The summed E-state index contributed by atoms with van der Waals surface area (Å²) in [5.74, 6) is -1.47. The summed E-state index contributed by atoms with van der Waals surface area (Å²) < 4.78 is 13.6. The maximum absolute atomic E-state index is 13.6. The maximum Gasteiger partial charge on any atom is 0.337 e. The van der Waals surface area contributed by atoms with E-state index in [1.165, 1.54) is 24.5 Å². The van der Waals surface area contributed by atoms with Gasteiger partial charge < -0.3 is 5.11 Å². The van der Waals surface area contributed by atoms with Gasteiger partial charge in [-0.05, 0) is 25.1 Å². The molecule has 0 bridgehead atoms. The minimum atomic E-state index is -1.08. The Morgan fingerprint density at radius 3 is 2.76 bits per heavy atom. The molecule has 17 heavy (non-hydrogen) atoms. The van der Waals surface area contributed by atoms with E-state index in [9.17, 15) is 9.18 Å². The van der Waals surface area contributed by atoms with Gasteiger partial charge in [-0.3, -0.25) is 4.98 Å². The first-order valence-corrected chi connectivity index (χ1v) is 5.03. The van der Waals surface area contributed by atoms with Gasteiger partial charge in [-0.15, -0.1) is 0 Å². The number of benzene rings is 1. The molecule has 0 spiro atoms. The van der Waals surface area contributed by atoms with E-state index in [-0.39, 0.29) is 11.4 Å². The Morgan fingerprint density at radius 2 is 2.06 bits per heavy atom. The molecule has 2 aromatic rings. The van der Waals surface area contributed by atoms with Crippen molar-refractivity contribution in [1.82, 2.24) is 4.98 Å². The van der Waals surface area contributed by atoms with E-state index in [2.05, 4.69) is 4.98 Å². The Bertz CT molecular complexity index is 581. The van der Waals surface area contributed by atoms with E-state index in [0.717, 1.165) is 5.56 Å². The topological polar surface area (TPSA) is 50.2 Å². The van der Waals surface area contributed by atoms with Crippen LogP contribution in [0.2, 0.25) is 0 Å². The molecule has 0 aliphatic carbocycles. The summed E-state index contributed by atoms with van der Waals surface area (Å²) >= 11 is 0. The summed E-state index contributed by atoms with van der Waals surface area (Å²) in [4.78, 5) is 14.6. The number of halogens is 1. The molecule has 1 aromatic heterocycles. The lowest BCUT2D eigenvalue weighted by atomic mass is 10.0. The maximum atomic E-state index is 13.6. The second kappa shape index (κ2) is 4.33. The van der Waals surface area contributed by atoms with E-state index in [1.807, 2.05) is 6.92 Å². The van der Waals surface area contributed by atoms with E-state index < -0.39 is 5.97 Å². The molecule has 0 aliphatic heterocycles. The Kier molecular flexibility index (Phi) is 2.87. The van der Waals surface area contributed by atoms with Gasteiger partial charge in [0.2, 0.25) is 0 Å². The van der Waals surface area contributed by atoms with Crippen molar-refractivity contribution in [3.63, 3.8) is 0 Å². The highest BCUT2D eigenvalue weighted by atomic mass is 19.1. The minimum Gasteiger partial charge on any atom is -0.478 e. The van der Waals surface area contributed by atoms with Crippen molar-refractivity contribution in [3.05, 3.63) is 53.6 Å². The number of carboxylic acid groups (broad SMARTS) is 1. The Balaban J connectivity index is 2.56. The number of pyridine rings is 1. The van der Waals surface area contributed by atoms with Gasteiger partial charge in [-0.1, -0.05) is 11.6 Å². The van der Waals surface area contributed by atoms with Crippen molar-refractivity contribution >= 4 is 5.97 Å². The molecule has 0 atom stereocenters. The van der Waals surface area contributed by atoms with Crippen LogP contribution in [0.1, 0.15) is 15.9 Å². The normalized spacial score (nSPS) is 10.2. The summed E-state index contributed by atoms with van der Waals surface area (Å²) in [5.41, 5.74) is 1.78. The van der Waals surface area contributed by atoms with Crippen LogP contribution >= 0.6 is 0 Å². The Morgan fingerprint density at radius 1 is 1.29 bits per heavy atom. The molecule has 1 N–H and O–H groups in total. The van der Waals surface area contributed by atoms with E-state index in [0.29, 0.717) is 11.1 Å². The second-order valence-electron chi connectivity index (χ2n) is 3.75. The van der Waals surface area contributed by atoms with Gasteiger partial charge in [0.15, 0.2) is 0 Å². The first-order valence-electron chi connectivity index (χ1n) is 5.03. The third-order valence-corrected chi connectivity index (χ3v) is 2.42. The van der Waals surface area contributed by atoms with Gasteiger partial charge in [-0.25, -0.2) is 9.18 Å². The Hall–Kier alpha value is -2.23. The zero-order valence-electron chi connectivity index (χ0n) is 9.14. The summed E-state index contributed by atoms with van der Waals surface area (Å²) in [6, 6.07) is 6.09. The molecular formula is C13H10FNO2. The zero-order chi connectivity index (χ0) is 12.4. The van der Waals surface area contributed by atoms with Crippen molar-refractivity contribution in [3.8, 4) is 11.1 Å². The lowest BCUT2D eigenvalue weighted by Crippen LogP contribution is -1.98. The van der Waals surface area contributed by atoms with Crippen molar-refractivity contribution in [1.29, 1.82) is 0 Å². The van der Waals surface area contributed by atoms with Crippen LogP contribution in [0.25, 0.3) is 11.1 Å². The summed E-state index contributed by atoms with van der Waals surface area (Å²) in [6.45, 7) is 1.84. The molecular weight excluding hydrogens is 221 g/mol. The number of aromatic nitrogens is 1. The fourth-order valence-electron chi connectivity index (χ4n) is 1.56. The highest BCUT2D eigenvalue weighted by Gasteiger charge is 2.09. The van der Waals surface area contributed by atoms with Crippen molar-refractivity contribution in [2.24, 2.45) is 0 Å². The predicted molar refractivity (Wildman–Crippen MR) is 61.3 cm³/mol. The fourth-order valence-corrected chi connectivity index (χ4v) is 1.56. The SMILES string of the molecule is Cc1ccc(F)c(-c2cncc(C(=O)O)c2)c1. The van der Waals surface area contributed by atoms with Gasteiger partial charge in [0.1, 0.15) is 5.82 Å². The van der Waals surface area contributed by atoms with E-state index in [4.69, 9.17) is 5.11 Å². The summed E-state index contributed by atoms with van der Waals surface area (Å²) in [7, 11) is 0. The van der Waals surface area contributed by atoms with Gasteiger partial charge >= 0.3 is 5.97 Å². The fraction of sp³-hybridized carbons (Fsp3) is 0.0769. The van der Waals surface area contributed by atoms with Gasteiger partial charge in [-0.2, -0.15) is 0 Å². The van der Waals surface area contributed by atoms with Crippen LogP contribution in [-0.2, 0) is 0 Å². The van der Waals surface area contributed by atoms with Gasteiger partial charge in [0, 0.05) is 23.5 Å². The third-order valence-electron chi connectivity index (χ3n) is 2.42. The smallest absolute Gasteiger partial charge is 0.337 e. The summed E-state index contributed by atoms with van der Waals surface area (Å²) in [6.07, 6.45) is 2.68. The number of hydrogen-bond acceptors (Lipinski definition) is 2. The molecule has 0 amide bonds. The minimum absolute atomic E-state index is 0.0448. The first-order chi connectivity index (χ1) is 8.08. The Labute approximate surface area is 97.6 Å². The number of aryl methyl sites for hydroxylation is 1. The molecule has 0 radical (unpaired) electrons. The molecule has 0 unspecified atom stereocenters. The average molecular weight is 231 g/mol. The van der Waals surface area contributed by atoms with Gasteiger partial charge in [0.25, 0.3) is 0 Å². The van der Waals surface area contributed by atoms with Crippen LogP contribution < -0.4 is 0 Å². The van der Waals surface area contributed by atoms with Crippen molar-refractivity contribution in [2.75, 3.05) is 0 Å². The third kappa shape index (κ3) is 2.30. The van der Waals surface area contributed by atoms with Crippen molar-refractivity contribution < 1.29 is 14.3 Å². The lowest BCUT2D eigenvalue weighted by molar-refractivity contribution is 0.0696. The van der Waals surface area contributed by atoms with E-state index >= 15 is 0 Å². The van der Waals surface area contributed by atoms with Crippen LogP contribution in [0, 0.1) is 12.7 Å². The van der Waals surface area contributed by atoms with Crippen LogP contribution in [0.4, 0.5) is 4.39 Å². The standard InChI is InChI=1S/C13H10FNO2/c1-8-2-3-12(14)11(4-8)9-5-10(13(16)17)7-15-6-9/h2-7H,1H3,(H,16,17). The van der Waals surface area contributed by atoms with Crippen LogP contribution in [-0.4, -0.2) is 16.1 Å². The molecule has 0 fully saturated rings. The van der Waals surface area contributed by atoms with E-state index in [1.54, 1.807) is 12.1 Å². The van der Waals surface area contributed by atoms with Crippen molar-refractivity contribution in [2.45, 2.75) is 6.92 Å². The van der Waals surface area contributed by atoms with Crippen LogP contribution in [0.5, 0.6) is 0 Å². The molecule has 0 saturated carbocycles. The number of hydrogen-bond donors (Lipinski definition) is 1. The molecule has 2 rings (SSSR count). The summed E-state index contributed by atoms with van der Waals surface area (Å²) in [5, 5.41) is 8.85. The predicted octanol–water partition coefficient (Wildman–Crippen LogP) is 2.89. The molecule has 0 aliphatic rings. The first kappa shape index (κ1) is 11.3. The van der Waals surface area contributed by atoms with Crippen LogP contribution in [0.15, 0.2) is 36.7 Å².